The van der Waals surface area contributed by atoms with Crippen LogP contribution >= 0.6 is 0 Å². The summed E-state index contributed by atoms with van der Waals surface area (Å²) >= 11 is 0. The maximum atomic E-state index is 5.09. The van der Waals surface area contributed by atoms with E-state index in [2.05, 4.69) is 10.2 Å². The molecule has 4 saturated carbocycles. The van der Waals surface area contributed by atoms with Crippen LogP contribution in [-0.2, 0) is 18.3 Å². The summed E-state index contributed by atoms with van der Waals surface area (Å²) in [6.45, 7) is 0. The number of rotatable bonds is 1. The maximum absolute atomic E-state index is 5.09. The lowest BCUT2D eigenvalue weighted by Crippen LogP contribution is -2.49. The summed E-state index contributed by atoms with van der Waals surface area (Å²) in [4.78, 5) is 5.09. The van der Waals surface area contributed by atoms with Crippen molar-refractivity contribution in [1.29, 1.82) is 0 Å². The Morgan fingerprint density at radius 3 is 2.00 bits per heavy atom. The van der Waals surface area contributed by atoms with Crippen LogP contribution in [0.2, 0.25) is 0 Å². The van der Waals surface area contributed by atoms with Crippen LogP contribution in [0, 0.1) is 17.8 Å². The van der Waals surface area contributed by atoms with Gasteiger partial charge in [0.05, 0.1) is 11.4 Å². The molecule has 0 amide bonds. The Kier molecular flexibility index (Phi) is 2.69. The highest BCUT2D eigenvalue weighted by Crippen LogP contribution is 2.60. The number of aromatic nitrogens is 3. The van der Waals surface area contributed by atoms with Gasteiger partial charge in [-0.05, 0) is 82.0 Å². The minimum absolute atomic E-state index is 0.309. The van der Waals surface area contributed by atoms with Crippen LogP contribution in [0.3, 0.4) is 0 Å². The van der Waals surface area contributed by atoms with E-state index in [1.165, 1.54) is 69.2 Å². The fourth-order valence-corrected chi connectivity index (χ4v) is 6.15. The summed E-state index contributed by atoms with van der Waals surface area (Å²) in [5.41, 5.74) is 2.79. The highest BCUT2D eigenvalue weighted by atomic mass is 15.2. The number of aryl methyl sites for hydroxylation is 2. The van der Waals surface area contributed by atoms with Crippen molar-refractivity contribution in [3.8, 4) is 0 Å². The van der Waals surface area contributed by atoms with E-state index in [9.17, 15) is 0 Å². The van der Waals surface area contributed by atoms with Crippen LogP contribution in [0.4, 0.5) is 0 Å². The molecule has 5 aliphatic carbocycles. The molecular formula is C18H25N3. The average Bonchev–Trinajstić information content (AvgIpc) is 2.70. The maximum Gasteiger partial charge on any atom is 0.157 e. The second kappa shape index (κ2) is 4.50. The molecule has 6 rings (SSSR count). The molecule has 0 radical (unpaired) electrons. The predicted octanol–water partition coefficient (Wildman–Crippen LogP) is 3.61. The lowest BCUT2D eigenvalue weighted by Gasteiger charge is -2.55. The van der Waals surface area contributed by atoms with Crippen molar-refractivity contribution in [2.24, 2.45) is 17.8 Å². The molecule has 4 fully saturated rings. The van der Waals surface area contributed by atoms with Crippen LogP contribution in [0.1, 0.15) is 75.0 Å². The fourth-order valence-electron chi connectivity index (χ4n) is 6.15. The Morgan fingerprint density at radius 1 is 0.714 bits per heavy atom. The van der Waals surface area contributed by atoms with Gasteiger partial charge in [0.15, 0.2) is 5.82 Å². The third-order valence-corrected chi connectivity index (χ3v) is 6.68. The fraction of sp³-hybridized carbons (Fsp3) is 0.833. The predicted molar refractivity (Wildman–Crippen MR) is 80.9 cm³/mol. The van der Waals surface area contributed by atoms with Crippen molar-refractivity contribution < 1.29 is 0 Å². The Morgan fingerprint density at radius 2 is 1.33 bits per heavy atom. The molecule has 0 aromatic carbocycles. The summed E-state index contributed by atoms with van der Waals surface area (Å²) in [7, 11) is 0. The molecule has 0 spiro atoms. The molecule has 1 aromatic heterocycles. The zero-order chi connectivity index (χ0) is 13.9. The van der Waals surface area contributed by atoms with Gasteiger partial charge >= 0.3 is 0 Å². The first-order valence-corrected chi connectivity index (χ1v) is 9.04. The van der Waals surface area contributed by atoms with Gasteiger partial charge in [-0.1, -0.05) is 6.42 Å². The standard InChI is InChI=1S/C18H25N3/c1-2-4-15-16(5-3-1)20-21-17(19-15)18-9-12-6-13(10-18)8-14(7-12)11-18/h12-14H,1-11H2. The lowest BCUT2D eigenvalue weighted by atomic mass is 9.49. The van der Waals surface area contributed by atoms with Crippen LogP contribution in [0.5, 0.6) is 0 Å². The topological polar surface area (TPSA) is 38.7 Å². The summed E-state index contributed by atoms with van der Waals surface area (Å²) in [5, 5.41) is 9.29. The number of nitrogens with zero attached hydrogens (tertiary/aromatic N) is 3. The van der Waals surface area contributed by atoms with Crippen LogP contribution in [0.25, 0.3) is 0 Å². The molecule has 0 atom stereocenters. The molecule has 0 N–H and O–H groups in total. The molecule has 4 bridgehead atoms. The summed E-state index contributed by atoms with van der Waals surface area (Å²) in [5.74, 6) is 4.00. The molecular weight excluding hydrogens is 258 g/mol. The van der Waals surface area contributed by atoms with E-state index in [1.54, 1.807) is 0 Å². The van der Waals surface area contributed by atoms with Crippen molar-refractivity contribution in [2.45, 2.75) is 76.0 Å². The monoisotopic (exact) mass is 283 g/mol. The van der Waals surface area contributed by atoms with Gasteiger partial charge in [-0.2, -0.15) is 5.10 Å². The first kappa shape index (κ1) is 12.5. The second-order valence-corrected chi connectivity index (χ2v) is 8.29. The molecule has 1 heterocycles. The minimum Gasteiger partial charge on any atom is -0.233 e. The highest BCUT2D eigenvalue weighted by Gasteiger charge is 2.53. The molecule has 0 saturated heterocycles. The SMILES string of the molecule is C1CCc2nnc(C34CC5CC(CC(C5)C3)C4)nc2CC1. The average molecular weight is 283 g/mol. The van der Waals surface area contributed by atoms with Crippen LogP contribution < -0.4 is 0 Å². The van der Waals surface area contributed by atoms with E-state index in [0.29, 0.717) is 5.41 Å². The summed E-state index contributed by atoms with van der Waals surface area (Å²) in [6, 6.07) is 0. The van der Waals surface area contributed by atoms with Crippen molar-refractivity contribution in [1.82, 2.24) is 15.2 Å². The van der Waals surface area contributed by atoms with Crippen molar-refractivity contribution >= 4 is 0 Å². The van der Waals surface area contributed by atoms with E-state index in [0.717, 1.165) is 36.4 Å². The van der Waals surface area contributed by atoms with Gasteiger partial charge in [-0.3, -0.25) is 0 Å². The molecule has 0 unspecified atom stereocenters. The van der Waals surface area contributed by atoms with Crippen LogP contribution in [-0.4, -0.2) is 15.2 Å². The van der Waals surface area contributed by atoms with Gasteiger partial charge in [-0.15, -0.1) is 5.10 Å². The van der Waals surface area contributed by atoms with E-state index in [1.807, 2.05) is 0 Å². The quantitative estimate of drug-likeness (QED) is 0.739. The Balaban J connectivity index is 1.54. The van der Waals surface area contributed by atoms with E-state index in [-0.39, 0.29) is 0 Å². The summed E-state index contributed by atoms with van der Waals surface area (Å²) in [6.07, 6.45) is 14.6. The van der Waals surface area contributed by atoms with E-state index in [4.69, 9.17) is 4.98 Å². The van der Waals surface area contributed by atoms with Crippen LogP contribution in [0.15, 0.2) is 0 Å². The van der Waals surface area contributed by atoms with E-state index < -0.39 is 0 Å². The number of hydrogen-bond donors (Lipinski definition) is 0. The molecule has 3 nitrogen and oxygen atoms in total. The highest BCUT2D eigenvalue weighted by molar-refractivity contribution is 5.20. The Labute approximate surface area is 127 Å². The molecule has 1 aromatic rings. The lowest BCUT2D eigenvalue weighted by molar-refractivity contribution is -0.0100. The van der Waals surface area contributed by atoms with Crippen molar-refractivity contribution in [3.05, 3.63) is 17.2 Å². The molecule has 112 valence electrons. The first-order valence-electron chi connectivity index (χ1n) is 9.04. The largest absolute Gasteiger partial charge is 0.233 e. The Hall–Kier alpha value is -0.990. The van der Waals surface area contributed by atoms with Crippen molar-refractivity contribution in [3.63, 3.8) is 0 Å². The minimum atomic E-state index is 0.309. The molecule has 3 heteroatoms. The normalized spacial score (nSPS) is 40.9. The summed E-state index contributed by atoms with van der Waals surface area (Å²) < 4.78 is 0. The molecule has 5 aliphatic rings. The smallest absolute Gasteiger partial charge is 0.157 e. The Bertz CT molecular complexity index is 530. The van der Waals surface area contributed by atoms with E-state index >= 15 is 0 Å². The number of hydrogen-bond acceptors (Lipinski definition) is 3. The molecule has 21 heavy (non-hydrogen) atoms. The van der Waals surface area contributed by atoms with Gasteiger partial charge in [0.25, 0.3) is 0 Å². The van der Waals surface area contributed by atoms with Gasteiger partial charge in [0.1, 0.15) is 0 Å². The first-order chi connectivity index (χ1) is 10.3. The zero-order valence-electron chi connectivity index (χ0n) is 12.9. The zero-order valence-corrected chi connectivity index (χ0v) is 12.9. The van der Waals surface area contributed by atoms with Gasteiger partial charge < -0.3 is 0 Å². The second-order valence-electron chi connectivity index (χ2n) is 8.29. The third kappa shape index (κ3) is 1.96. The van der Waals surface area contributed by atoms with Crippen molar-refractivity contribution in [2.75, 3.05) is 0 Å². The number of fused-ring (bicyclic) bond motifs is 1. The third-order valence-electron chi connectivity index (χ3n) is 6.68. The molecule has 0 aliphatic heterocycles. The van der Waals surface area contributed by atoms with Gasteiger partial charge in [0, 0.05) is 5.41 Å². The van der Waals surface area contributed by atoms with Gasteiger partial charge in [0.2, 0.25) is 0 Å². The van der Waals surface area contributed by atoms with Gasteiger partial charge in [-0.25, -0.2) is 4.98 Å².